The maximum atomic E-state index is 12.4. The zero-order chi connectivity index (χ0) is 18.3. The molecule has 1 aromatic rings. The fourth-order valence-electron chi connectivity index (χ4n) is 2.74. The lowest BCUT2D eigenvalue weighted by Crippen LogP contribution is -2.41. The third kappa shape index (κ3) is 5.70. The molecule has 8 heteroatoms. The molecular formula is C17H27N3O3S2. The Morgan fingerprint density at radius 1 is 1.28 bits per heavy atom. The van der Waals surface area contributed by atoms with Gasteiger partial charge in [0.05, 0.1) is 4.90 Å². The molecule has 25 heavy (non-hydrogen) atoms. The monoisotopic (exact) mass is 385 g/mol. The van der Waals surface area contributed by atoms with Crippen molar-refractivity contribution < 1.29 is 13.2 Å². The number of carbonyl (C=O) groups is 1. The van der Waals surface area contributed by atoms with Crippen LogP contribution in [0.3, 0.4) is 0 Å². The normalized spacial score (nSPS) is 18.3. The van der Waals surface area contributed by atoms with Crippen LogP contribution in [-0.2, 0) is 21.4 Å². The quantitative estimate of drug-likeness (QED) is 0.708. The Hall–Kier alpha value is -1.09. The number of nitrogens with zero attached hydrogens (tertiary/aromatic N) is 1. The van der Waals surface area contributed by atoms with Crippen molar-refractivity contribution in [3.63, 3.8) is 0 Å². The Morgan fingerprint density at radius 2 is 1.96 bits per heavy atom. The van der Waals surface area contributed by atoms with Gasteiger partial charge in [0.2, 0.25) is 15.9 Å². The SMILES string of the molecule is CCN(CC)S(=O)(=O)c1ccc(CNC(=O)CC2CSCCN2)cc1. The molecule has 0 aromatic heterocycles. The van der Waals surface area contributed by atoms with Gasteiger partial charge in [-0.3, -0.25) is 4.79 Å². The van der Waals surface area contributed by atoms with Gasteiger partial charge in [-0.2, -0.15) is 16.1 Å². The van der Waals surface area contributed by atoms with Gasteiger partial charge in [-0.05, 0) is 17.7 Å². The first kappa shape index (κ1) is 20.2. The smallest absolute Gasteiger partial charge is 0.243 e. The summed E-state index contributed by atoms with van der Waals surface area (Å²) in [5.74, 6) is 2.08. The molecule has 1 aromatic carbocycles. The van der Waals surface area contributed by atoms with Crippen molar-refractivity contribution in [3.8, 4) is 0 Å². The molecule has 0 saturated carbocycles. The van der Waals surface area contributed by atoms with E-state index in [2.05, 4.69) is 10.6 Å². The van der Waals surface area contributed by atoms with E-state index < -0.39 is 10.0 Å². The van der Waals surface area contributed by atoms with Crippen molar-refractivity contribution in [2.45, 2.75) is 37.8 Å². The molecule has 6 nitrogen and oxygen atoms in total. The fourth-order valence-corrected chi connectivity index (χ4v) is 5.15. The van der Waals surface area contributed by atoms with Crippen LogP contribution in [0.15, 0.2) is 29.2 Å². The number of nitrogens with one attached hydrogen (secondary N) is 2. The van der Waals surface area contributed by atoms with E-state index in [1.807, 2.05) is 25.6 Å². The molecule has 1 fully saturated rings. The minimum absolute atomic E-state index is 0.0137. The molecule has 1 aliphatic rings. The Labute approximate surface area is 154 Å². The number of hydrogen-bond donors (Lipinski definition) is 2. The second-order valence-corrected chi connectivity index (χ2v) is 9.03. The largest absolute Gasteiger partial charge is 0.352 e. The maximum absolute atomic E-state index is 12.4. The first-order valence-electron chi connectivity index (χ1n) is 8.64. The summed E-state index contributed by atoms with van der Waals surface area (Å²) in [6.07, 6.45) is 0.474. The van der Waals surface area contributed by atoms with Crippen LogP contribution in [-0.4, -0.2) is 55.8 Å². The molecule has 1 amide bonds. The Bertz CT molecular complexity index is 652. The van der Waals surface area contributed by atoms with Crippen molar-refractivity contribution in [2.24, 2.45) is 0 Å². The van der Waals surface area contributed by atoms with E-state index >= 15 is 0 Å². The molecule has 0 aliphatic carbocycles. The third-order valence-electron chi connectivity index (χ3n) is 4.19. The highest BCUT2D eigenvalue weighted by Crippen LogP contribution is 2.16. The third-order valence-corrected chi connectivity index (χ3v) is 7.38. The van der Waals surface area contributed by atoms with Crippen LogP contribution in [0.5, 0.6) is 0 Å². The number of thioether (sulfide) groups is 1. The Morgan fingerprint density at radius 3 is 2.52 bits per heavy atom. The van der Waals surface area contributed by atoms with E-state index in [0.29, 0.717) is 26.1 Å². The first-order valence-corrected chi connectivity index (χ1v) is 11.2. The standard InChI is InChI=1S/C17H27N3O3S2/c1-3-20(4-2)25(22,23)16-7-5-14(6-8-16)12-19-17(21)11-15-13-24-10-9-18-15/h5-8,15,18H,3-4,9-13H2,1-2H3,(H,19,21). The maximum Gasteiger partial charge on any atom is 0.243 e. The molecule has 1 saturated heterocycles. The molecule has 1 unspecified atom stereocenters. The average molecular weight is 386 g/mol. The zero-order valence-electron chi connectivity index (χ0n) is 14.8. The second kappa shape index (κ2) is 9.56. The van der Waals surface area contributed by atoms with Crippen molar-refractivity contribution in [1.82, 2.24) is 14.9 Å². The Balaban J connectivity index is 1.88. The van der Waals surface area contributed by atoms with Crippen molar-refractivity contribution in [1.29, 1.82) is 0 Å². The second-order valence-electron chi connectivity index (χ2n) is 5.94. The van der Waals surface area contributed by atoms with E-state index in [1.54, 1.807) is 24.3 Å². The Kier molecular flexibility index (Phi) is 7.74. The average Bonchev–Trinajstić information content (AvgIpc) is 2.62. The molecular weight excluding hydrogens is 358 g/mol. The highest BCUT2D eigenvalue weighted by Gasteiger charge is 2.21. The molecule has 2 rings (SSSR count). The van der Waals surface area contributed by atoms with Gasteiger partial charge >= 0.3 is 0 Å². The summed E-state index contributed by atoms with van der Waals surface area (Å²) < 4.78 is 26.3. The minimum Gasteiger partial charge on any atom is -0.352 e. The van der Waals surface area contributed by atoms with E-state index in [1.165, 1.54) is 4.31 Å². The van der Waals surface area contributed by atoms with Gasteiger partial charge in [-0.1, -0.05) is 26.0 Å². The molecule has 140 valence electrons. The van der Waals surface area contributed by atoms with Crippen LogP contribution in [0.4, 0.5) is 0 Å². The molecule has 1 heterocycles. The number of amides is 1. The van der Waals surface area contributed by atoms with Crippen molar-refractivity contribution in [3.05, 3.63) is 29.8 Å². The summed E-state index contributed by atoms with van der Waals surface area (Å²) >= 11 is 1.87. The summed E-state index contributed by atoms with van der Waals surface area (Å²) in [6, 6.07) is 6.96. The molecule has 1 atom stereocenters. The predicted molar refractivity (Wildman–Crippen MR) is 102 cm³/mol. The van der Waals surface area contributed by atoms with E-state index in [9.17, 15) is 13.2 Å². The first-order chi connectivity index (χ1) is 12.0. The summed E-state index contributed by atoms with van der Waals surface area (Å²) in [5.41, 5.74) is 0.887. The number of rotatable bonds is 8. The summed E-state index contributed by atoms with van der Waals surface area (Å²) in [4.78, 5) is 12.3. The van der Waals surface area contributed by atoms with Crippen LogP contribution in [0.2, 0.25) is 0 Å². The highest BCUT2D eigenvalue weighted by molar-refractivity contribution is 7.99. The van der Waals surface area contributed by atoms with Crippen LogP contribution >= 0.6 is 11.8 Å². The van der Waals surface area contributed by atoms with Gasteiger partial charge < -0.3 is 10.6 Å². The van der Waals surface area contributed by atoms with Gasteiger partial charge in [0.25, 0.3) is 0 Å². The zero-order valence-corrected chi connectivity index (χ0v) is 16.5. The van der Waals surface area contributed by atoms with Crippen LogP contribution < -0.4 is 10.6 Å². The lowest BCUT2D eigenvalue weighted by molar-refractivity contribution is -0.121. The van der Waals surface area contributed by atoms with Gasteiger partial charge in [0.15, 0.2) is 0 Å². The van der Waals surface area contributed by atoms with Gasteiger partial charge in [-0.25, -0.2) is 8.42 Å². The van der Waals surface area contributed by atoms with Crippen molar-refractivity contribution in [2.75, 3.05) is 31.1 Å². The van der Waals surface area contributed by atoms with Crippen LogP contribution in [0.25, 0.3) is 0 Å². The minimum atomic E-state index is -3.43. The topological polar surface area (TPSA) is 78.5 Å². The van der Waals surface area contributed by atoms with E-state index in [4.69, 9.17) is 0 Å². The van der Waals surface area contributed by atoms with Gasteiger partial charge in [-0.15, -0.1) is 0 Å². The van der Waals surface area contributed by atoms with E-state index in [-0.39, 0.29) is 16.8 Å². The fraction of sp³-hybridized carbons (Fsp3) is 0.588. The molecule has 0 spiro atoms. The van der Waals surface area contributed by atoms with Gasteiger partial charge in [0.1, 0.15) is 0 Å². The number of sulfonamides is 1. The molecule has 1 aliphatic heterocycles. The lowest BCUT2D eigenvalue weighted by Gasteiger charge is -2.22. The number of hydrogen-bond acceptors (Lipinski definition) is 5. The number of benzene rings is 1. The lowest BCUT2D eigenvalue weighted by atomic mass is 10.2. The van der Waals surface area contributed by atoms with Crippen LogP contribution in [0.1, 0.15) is 25.8 Å². The highest BCUT2D eigenvalue weighted by atomic mass is 32.2. The molecule has 0 bridgehead atoms. The molecule has 2 N–H and O–H groups in total. The summed E-state index contributed by atoms with van der Waals surface area (Å²) in [5, 5.41) is 6.24. The van der Waals surface area contributed by atoms with Gasteiger partial charge in [0, 0.05) is 50.1 Å². The predicted octanol–water partition coefficient (Wildman–Crippen LogP) is 1.43. The van der Waals surface area contributed by atoms with Crippen LogP contribution in [0, 0.1) is 0 Å². The summed E-state index contributed by atoms with van der Waals surface area (Å²) in [7, 11) is -3.43. The summed E-state index contributed by atoms with van der Waals surface area (Å²) in [6.45, 7) is 5.90. The number of carbonyl (C=O) groups excluding carboxylic acids is 1. The van der Waals surface area contributed by atoms with E-state index in [0.717, 1.165) is 23.6 Å². The molecule has 0 radical (unpaired) electrons. The van der Waals surface area contributed by atoms with Crippen molar-refractivity contribution >= 4 is 27.7 Å².